The van der Waals surface area contributed by atoms with Crippen molar-refractivity contribution < 1.29 is 17.9 Å². The smallest absolute Gasteiger partial charge is 0.273 e. The number of nitrogens with zero attached hydrogens (tertiary/aromatic N) is 4. The molecule has 0 saturated heterocycles. The fourth-order valence-corrected chi connectivity index (χ4v) is 4.16. The van der Waals surface area contributed by atoms with Gasteiger partial charge in [0.15, 0.2) is 5.69 Å². The van der Waals surface area contributed by atoms with Crippen molar-refractivity contribution in [3.63, 3.8) is 0 Å². The van der Waals surface area contributed by atoms with Crippen LogP contribution < -0.4 is 10.1 Å². The van der Waals surface area contributed by atoms with Gasteiger partial charge in [-0.15, -0.1) is 0 Å². The zero-order valence-corrected chi connectivity index (χ0v) is 18.0. The van der Waals surface area contributed by atoms with Crippen LogP contribution in [0.2, 0.25) is 0 Å². The van der Waals surface area contributed by atoms with Crippen molar-refractivity contribution >= 4 is 21.3 Å². The molecule has 4 rings (SSSR count). The van der Waals surface area contributed by atoms with Gasteiger partial charge in [0.05, 0.1) is 12.6 Å². The number of carbonyl (C=O) groups excluding carboxylic acids is 1. The molecule has 0 bridgehead atoms. The Balaban J connectivity index is 1.77. The lowest BCUT2D eigenvalue weighted by Gasteiger charge is -2.19. The van der Waals surface area contributed by atoms with Crippen LogP contribution in [0.25, 0.3) is 5.52 Å². The number of carbonyl (C=O) groups is 1. The summed E-state index contributed by atoms with van der Waals surface area (Å²) in [4.78, 5) is 21.8. The molecule has 1 aromatic carbocycles. The van der Waals surface area contributed by atoms with E-state index in [1.165, 1.54) is 4.40 Å². The van der Waals surface area contributed by atoms with Crippen molar-refractivity contribution in [1.82, 2.24) is 24.3 Å². The molecule has 1 amide bonds. The normalized spacial score (nSPS) is 12.6. The predicted octanol–water partition coefficient (Wildman–Crippen LogP) is 2.00. The fraction of sp³-hybridized carbons (Fsp3) is 0.190. The Kier molecular flexibility index (Phi) is 5.24. The molecule has 31 heavy (non-hydrogen) atoms. The molecule has 10 heteroatoms. The highest BCUT2D eigenvalue weighted by Gasteiger charge is 2.27. The highest BCUT2D eigenvalue weighted by Crippen LogP contribution is 2.24. The molecule has 0 fully saturated rings. The van der Waals surface area contributed by atoms with E-state index in [4.69, 9.17) is 4.74 Å². The Morgan fingerprint density at radius 1 is 1.13 bits per heavy atom. The molecule has 3 aromatic heterocycles. The molecule has 1 N–H and O–H groups in total. The molecule has 0 aliphatic rings. The van der Waals surface area contributed by atoms with Crippen LogP contribution in [-0.2, 0) is 16.9 Å². The zero-order chi connectivity index (χ0) is 22.2. The number of amides is 1. The maximum Gasteiger partial charge on any atom is 0.273 e. The van der Waals surface area contributed by atoms with Crippen LogP contribution in [0.4, 0.5) is 0 Å². The van der Waals surface area contributed by atoms with Gasteiger partial charge in [-0.2, -0.15) is 0 Å². The van der Waals surface area contributed by atoms with Crippen LogP contribution in [-0.4, -0.2) is 46.6 Å². The number of methoxy groups -OCH3 is 1. The summed E-state index contributed by atoms with van der Waals surface area (Å²) in [5, 5.41) is 2.76. The van der Waals surface area contributed by atoms with Gasteiger partial charge in [0.1, 0.15) is 17.6 Å². The number of pyridine rings is 1. The van der Waals surface area contributed by atoms with E-state index >= 15 is 0 Å². The summed E-state index contributed by atoms with van der Waals surface area (Å²) in [6, 6.07) is 11.7. The van der Waals surface area contributed by atoms with E-state index in [2.05, 4.69) is 15.3 Å². The lowest BCUT2D eigenvalue weighted by molar-refractivity contribution is 0.0938. The van der Waals surface area contributed by atoms with E-state index in [1.54, 1.807) is 56.0 Å². The second-order valence-electron chi connectivity index (χ2n) is 7.05. The number of hydrogen-bond acceptors (Lipinski definition) is 6. The Morgan fingerprint density at radius 2 is 1.87 bits per heavy atom. The lowest BCUT2D eigenvalue weighted by atomic mass is 10.1. The monoisotopic (exact) mass is 439 g/mol. The zero-order valence-electron chi connectivity index (χ0n) is 17.2. The number of sulfone groups is 1. The minimum absolute atomic E-state index is 0.0220. The highest BCUT2D eigenvalue weighted by molar-refractivity contribution is 7.90. The molecule has 9 nitrogen and oxygen atoms in total. The van der Waals surface area contributed by atoms with Crippen molar-refractivity contribution in [2.45, 2.75) is 11.2 Å². The van der Waals surface area contributed by atoms with Gasteiger partial charge in [-0.1, -0.05) is 18.2 Å². The summed E-state index contributed by atoms with van der Waals surface area (Å²) in [5.41, 5.74) is 1.21. The van der Waals surface area contributed by atoms with Crippen molar-refractivity contribution in [2.75, 3.05) is 13.4 Å². The number of fused-ring (bicyclic) bond motifs is 1. The van der Waals surface area contributed by atoms with Crippen LogP contribution in [0.5, 0.6) is 5.75 Å². The number of hydrogen-bond donors (Lipinski definition) is 1. The number of benzene rings is 1. The lowest BCUT2D eigenvalue weighted by Crippen LogP contribution is -2.31. The molecule has 1 unspecified atom stereocenters. The van der Waals surface area contributed by atoms with Crippen LogP contribution in [0.15, 0.2) is 66.2 Å². The average molecular weight is 439 g/mol. The highest BCUT2D eigenvalue weighted by atomic mass is 32.2. The van der Waals surface area contributed by atoms with Gasteiger partial charge in [0.2, 0.25) is 15.0 Å². The van der Waals surface area contributed by atoms with Gasteiger partial charge in [-0.3, -0.25) is 9.20 Å². The standard InChI is InChI=1S/C21H21N5O4S/c1-25-13-11-22-19(25)17(14-7-9-15(30-2)10-8-14)23-20(27)18-16-6-4-5-12-26(16)21(24-18)31(3,28)29/h4-13,17H,1-3H3,(H,23,27). The molecule has 0 aliphatic carbocycles. The van der Waals surface area contributed by atoms with Gasteiger partial charge >= 0.3 is 0 Å². The maximum absolute atomic E-state index is 13.3. The number of ether oxygens (including phenoxy) is 1. The van der Waals surface area contributed by atoms with Crippen molar-refractivity contribution in [2.24, 2.45) is 7.05 Å². The average Bonchev–Trinajstić information content (AvgIpc) is 3.35. The Bertz CT molecular complexity index is 1360. The topological polar surface area (TPSA) is 108 Å². The first kappa shape index (κ1) is 20.6. The van der Waals surface area contributed by atoms with Gasteiger partial charge in [0.25, 0.3) is 5.91 Å². The summed E-state index contributed by atoms with van der Waals surface area (Å²) in [5.74, 6) is 0.791. The number of imidazole rings is 2. The summed E-state index contributed by atoms with van der Waals surface area (Å²) in [7, 11) is -0.227. The molecule has 4 aromatic rings. The number of rotatable bonds is 6. The van der Waals surface area contributed by atoms with Gasteiger partial charge in [-0.25, -0.2) is 18.4 Å². The van der Waals surface area contributed by atoms with Gasteiger partial charge < -0.3 is 14.6 Å². The minimum Gasteiger partial charge on any atom is -0.497 e. The molecule has 1 atom stereocenters. The number of nitrogens with one attached hydrogen (secondary N) is 1. The molecule has 0 aliphatic heterocycles. The predicted molar refractivity (Wildman–Crippen MR) is 114 cm³/mol. The van der Waals surface area contributed by atoms with Crippen LogP contribution >= 0.6 is 0 Å². The summed E-state index contributed by atoms with van der Waals surface area (Å²) in [6.45, 7) is 0. The maximum atomic E-state index is 13.3. The van der Waals surface area contributed by atoms with E-state index in [-0.39, 0.29) is 10.9 Å². The molecular weight excluding hydrogens is 418 g/mol. The molecule has 0 saturated carbocycles. The van der Waals surface area contributed by atoms with Crippen LogP contribution in [0.3, 0.4) is 0 Å². The molecule has 0 radical (unpaired) electrons. The first-order chi connectivity index (χ1) is 14.8. The Hall–Kier alpha value is -3.66. The first-order valence-electron chi connectivity index (χ1n) is 9.39. The van der Waals surface area contributed by atoms with Gasteiger partial charge in [0, 0.05) is 31.9 Å². The summed E-state index contributed by atoms with van der Waals surface area (Å²) >= 11 is 0. The van der Waals surface area contributed by atoms with Crippen molar-refractivity contribution in [3.05, 3.63) is 78.1 Å². The number of aryl methyl sites for hydroxylation is 1. The SMILES string of the molecule is COc1ccc(C(NC(=O)c2nc(S(C)(=O)=O)n3ccccc23)c2nccn2C)cc1. The van der Waals surface area contributed by atoms with Crippen molar-refractivity contribution in [3.8, 4) is 5.75 Å². The Labute approximate surface area is 179 Å². The third-order valence-electron chi connectivity index (χ3n) is 4.90. The number of aromatic nitrogens is 4. The minimum atomic E-state index is -3.64. The molecule has 160 valence electrons. The summed E-state index contributed by atoms with van der Waals surface area (Å²) in [6.07, 6.45) is 6.05. The third kappa shape index (κ3) is 3.89. The van der Waals surface area contributed by atoms with Crippen molar-refractivity contribution in [1.29, 1.82) is 0 Å². The largest absolute Gasteiger partial charge is 0.497 e. The van der Waals surface area contributed by atoms with E-state index < -0.39 is 21.8 Å². The third-order valence-corrected chi connectivity index (χ3v) is 5.86. The van der Waals surface area contributed by atoms with Gasteiger partial charge in [-0.05, 0) is 29.8 Å². The van der Waals surface area contributed by atoms with E-state index in [0.717, 1.165) is 11.8 Å². The second-order valence-corrected chi connectivity index (χ2v) is 8.96. The molecule has 3 heterocycles. The summed E-state index contributed by atoms with van der Waals surface area (Å²) < 4.78 is 32.8. The van der Waals surface area contributed by atoms with E-state index in [9.17, 15) is 13.2 Å². The molecular formula is C21H21N5O4S. The first-order valence-corrected chi connectivity index (χ1v) is 11.3. The fourth-order valence-electron chi connectivity index (χ4n) is 3.39. The molecule has 0 spiro atoms. The quantitative estimate of drug-likeness (QED) is 0.492. The Morgan fingerprint density at radius 3 is 2.48 bits per heavy atom. The van der Waals surface area contributed by atoms with Crippen LogP contribution in [0, 0.1) is 0 Å². The van der Waals surface area contributed by atoms with Crippen LogP contribution in [0.1, 0.15) is 27.9 Å². The second kappa shape index (κ2) is 7.88. The van der Waals surface area contributed by atoms with E-state index in [0.29, 0.717) is 17.1 Å². The van der Waals surface area contributed by atoms with E-state index in [1.807, 2.05) is 23.7 Å².